The van der Waals surface area contributed by atoms with Crippen LogP contribution in [0.4, 0.5) is 0 Å². The smallest absolute Gasteiger partial charge is 0.338 e. The Balaban J connectivity index is 1.94. The molecule has 1 heterocycles. The highest BCUT2D eigenvalue weighted by Gasteiger charge is 2.36. The van der Waals surface area contributed by atoms with Crippen LogP contribution in [0.3, 0.4) is 0 Å². The van der Waals surface area contributed by atoms with Gasteiger partial charge >= 0.3 is 5.97 Å². The molecule has 5 nitrogen and oxygen atoms in total. The van der Waals surface area contributed by atoms with Gasteiger partial charge in [0.25, 0.3) is 0 Å². The molecule has 0 saturated heterocycles. The SMILES string of the molecule is CC1=C(C(=O)OCc2ccccc2)C(c2ccc(Br)cc2)C(C#N)=C(N)O1. The molecule has 1 atom stereocenters. The molecule has 0 saturated carbocycles. The molecule has 27 heavy (non-hydrogen) atoms. The van der Waals surface area contributed by atoms with E-state index >= 15 is 0 Å². The van der Waals surface area contributed by atoms with Crippen molar-refractivity contribution in [1.29, 1.82) is 5.26 Å². The average Bonchev–Trinajstić information content (AvgIpc) is 2.67. The molecule has 0 aliphatic carbocycles. The molecule has 3 rings (SSSR count). The third kappa shape index (κ3) is 4.04. The molecule has 1 unspecified atom stereocenters. The zero-order valence-corrected chi connectivity index (χ0v) is 16.2. The van der Waals surface area contributed by atoms with Crippen LogP contribution < -0.4 is 5.73 Å². The van der Waals surface area contributed by atoms with E-state index in [1.807, 2.05) is 54.6 Å². The quantitative estimate of drug-likeness (QED) is 0.740. The number of esters is 1. The Kier molecular flexibility index (Phi) is 5.63. The largest absolute Gasteiger partial charge is 0.457 e. The number of halogens is 1. The molecule has 2 aromatic carbocycles. The van der Waals surface area contributed by atoms with Crippen molar-refractivity contribution in [2.24, 2.45) is 5.73 Å². The number of nitriles is 1. The summed E-state index contributed by atoms with van der Waals surface area (Å²) in [5.41, 5.74) is 8.00. The van der Waals surface area contributed by atoms with E-state index < -0.39 is 11.9 Å². The standard InChI is InChI=1S/C21H17BrN2O3/c1-13-18(21(25)26-12-14-5-3-2-4-6-14)19(17(11-23)20(24)27-13)15-7-9-16(22)10-8-15/h2-10,19H,12,24H2,1H3. The van der Waals surface area contributed by atoms with Crippen molar-refractivity contribution < 1.29 is 14.3 Å². The Morgan fingerprint density at radius 3 is 2.52 bits per heavy atom. The van der Waals surface area contributed by atoms with Crippen molar-refractivity contribution >= 4 is 21.9 Å². The van der Waals surface area contributed by atoms with Gasteiger partial charge in [0, 0.05) is 4.47 Å². The van der Waals surface area contributed by atoms with E-state index in [1.54, 1.807) is 6.92 Å². The van der Waals surface area contributed by atoms with Gasteiger partial charge in [-0.3, -0.25) is 0 Å². The number of rotatable bonds is 4. The lowest BCUT2D eigenvalue weighted by Gasteiger charge is -2.27. The second-order valence-corrected chi connectivity index (χ2v) is 6.92. The number of ether oxygens (including phenoxy) is 2. The van der Waals surface area contributed by atoms with E-state index in [9.17, 15) is 10.1 Å². The van der Waals surface area contributed by atoms with Crippen LogP contribution in [-0.4, -0.2) is 5.97 Å². The third-order valence-corrected chi connectivity index (χ3v) is 4.77. The number of benzene rings is 2. The van der Waals surface area contributed by atoms with Crippen LogP contribution >= 0.6 is 15.9 Å². The normalized spacial score (nSPS) is 16.6. The number of allylic oxidation sites excluding steroid dienone is 2. The van der Waals surface area contributed by atoms with Crippen LogP contribution in [0.5, 0.6) is 0 Å². The number of carbonyl (C=O) groups is 1. The minimum atomic E-state index is -0.639. The van der Waals surface area contributed by atoms with Crippen molar-refractivity contribution in [2.75, 3.05) is 0 Å². The van der Waals surface area contributed by atoms with Gasteiger partial charge in [0.1, 0.15) is 24.0 Å². The molecule has 2 N–H and O–H groups in total. The van der Waals surface area contributed by atoms with Crippen molar-refractivity contribution in [3.05, 3.63) is 93.0 Å². The minimum Gasteiger partial charge on any atom is -0.457 e. The lowest BCUT2D eigenvalue weighted by atomic mass is 9.83. The Labute approximate surface area is 165 Å². The van der Waals surface area contributed by atoms with Crippen LogP contribution in [0.25, 0.3) is 0 Å². The molecule has 0 amide bonds. The van der Waals surface area contributed by atoms with E-state index in [0.717, 1.165) is 15.6 Å². The molecular weight excluding hydrogens is 408 g/mol. The van der Waals surface area contributed by atoms with Gasteiger partial charge < -0.3 is 15.2 Å². The summed E-state index contributed by atoms with van der Waals surface area (Å²) in [5, 5.41) is 9.59. The summed E-state index contributed by atoms with van der Waals surface area (Å²) >= 11 is 3.39. The van der Waals surface area contributed by atoms with Crippen LogP contribution in [0, 0.1) is 11.3 Å². The summed E-state index contributed by atoms with van der Waals surface area (Å²) in [6.45, 7) is 1.77. The number of nitrogens with two attached hydrogens (primary N) is 1. The lowest BCUT2D eigenvalue weighted by Crippen LogP contribution is -2.25. The van der Waals surface area contributed by atoms with Crippen molar-refractivity contribution in [2.45, 2.75) is 19.4 Å². The zero-order chi connectivity index (χ0) is 19.4. The summed E-state index contributed by atoms with van der Waals surface area (Å²) in [5.74, 6) is -0.843. The van der Waals surface area contributed by atoms with Gasteiger partial charge in [-0.2, -0.15) is 5.26 Å². The maximum absolute atomic E-state index is 12.9. The Morgan fingerprint density at radius 2 is 1.89 bits per heavy atom. The average molecular weight is 425 g/mol. The van der Waals surface area contributed by atoms with E-state index in [2.05, 4.69) is 22.0 Å². The fourth-order valence-electron chi connectivity index (χ4n) is 2.94. The van der Waals surface area contributed by atoms with Gasteiger partial charge in [-0.05, 0) is 30.2 Å². The first-order valence-corrected chi connectivity index (χ1v) is 9.05. The van der Waals surface area contributed by atoms with E-state index in [1.165, 1.54) is 0 Å². The highest BCUT2D eigenvalue weighted by Crippen LogP contribution is 2.39. The molecule has 0 fully saturated rings. The molecule has 0 bridgehead atoms. The number of nitrogens with zero attached hydrogens (tertiary/aromatic N) is 1. The summed E-state index contributed by atoms with van der Waals surface area (Å²) in [6, 6.07) is 18.8. The molecule has 2 aromatic rings. The monoisotopic (exact) mass is 424 g/mol. The van der Waals surface area contributed by atoms with Gasteiger partial charge in [0.15, 0.2) is 0 Å². The van der Waals surface area contributed by atoms with E-state index in [-0.39, 0.29) is 23.6 Å². The molecular formula is C21H17BrN2O3. The second-order valence-electron chi connectivity index (χ2n) is 6.01. The highest BCUT2D eigenvalue weighted by atomic mass is 79.9. The highest BCUT2D eigenvalue weighted by molar-refractivity contribution is 9.10. The molecule has 1 aliphatic rings. The van der Waals surface area contributed by atoms with Crippen LogP contribution in [0.1, 0.15) is 24.0 Å². The fraction of sp³-hybridized carbons (Fsp3) is 0.143. The molecule has 1 aliphatic heterocycles. The Bertz CT molecular complexity index is 957. The van der Waals surface area contributed by atoms with Gasteiger partial charge in [-0.15, -0.1) is 0 Å². The van der Waals surface area contributed by atoms with Crippen LogP contribution in [0.15, 0.2) is 81.9 Å². The maximum Gasteiger partial charge on any atom is 0.338 e. The molecule has 136 valence electrons. The van der Waals surface area contributed by atoms with Gasteiger partial charge in [0.2, 0.25) is 5.88 Å². The Morgan fingerprint density at radius 1 is 1.22 bits per heavy atom. The van der Waals surface area contributed by atoms with Crippen LogP contribution in [-0.2, 0) is 20.9 Å². The molecule has 6 heteroatoms. The summed E-state index contributed by atoms with van der Waals surface area (Å²) < 4.78 is 11.8. The molecule has 0 spiro atoms. The maximum atomic E-state index is 12.9. The topological polar surface area (TPSA) is 85.3 Å². The predicted molar refractivity (Wildman–Crippen MR) is 104 cm³/mol. The number of hydrogen-bond acceptors (Lipinski definition) is 5. The van der Waals surface area contributed by atoms with E-state index in [0.29, 0.717) is 5.76 Å². The fourth-order valence-corrected chi connectivity index (χ4v) is 3.20. The number of hydrogen-bond donors (Lipinski definition) is 1. The summed E-state index contributed by atoms with van der Waals surface area (Å²) in [6.07, 6.45) is 0. The summed E-state index contributed by atoms with van der Waals surface area (Å²) in [4.78, 5) is 12.9. The van der Waals surface area contributed by atoms with Gasteiger partial charge in [-0.25, -0.2) is 4.79 Å². The second kappa shape index (κ2) is 8.11. The Hall–Kier alpha value is -3.04. The van der Waals surface area contributed by atoms with Crippen molar-refractivity contribution in [3.63, 3.8) is 0 Å². The molecule has 0 aromatic heterocycles. The molecule has 0 radical (unpaired) electrons. The predicted octanol–water partition coefficient (Wildman–Crippen LogP) is 4.27. The van der Waals surface area contributed by atoms with Gasteiger partial charge in [0.05, 0.1) is 11.5 Å². The van der Waals surface area contributed by atoms with Crippen molar-refractivity contribution in [1.82, 2.24) is 0 Å². The van der Waals surface area contributed by atoms with E-state index in [4.69, 9.17) is 15.2 Å². The first-order chi connectivity index (χ1) is 13.0. The first-order valence-electron chi connectivity index (χ1n) is 8.26. The van der Waals surface area contributed by atoms with Crippen LogP contribution in [0.2, 0.25) is 0 Å². The van der Waals surface area contributed by atoms with Gasteiger partial charge in [-0.1, -0.05) is 58.4 Å². The first kappa shape index (κ1) is 18.7. The minimum absolute atomic E-state index is 0.00234. The zero-order valence-electron chi connectivity index (χ0n) is 14.6. The van der Waals surface area contributed by atoms with Crippen molar-refractivity contribution in [3.8, 4) is 6.07 Å². The summed E-state index contributed by atoms with van der Waals surface area (Å²) in [7, 11) is 0. The lowest BCUT2D eigenvalue weighted by molar-refractivity contribution is -0.140. The number of carbonyl (C=O) groups excluding carboxylic acids is 1. The third-order valence-electron chi connectivity index (χ3n) is 4.24.